The Hall–Kier alpha value is -7.38. The average Bonchev–Trinajstić information content (AvgIpc) is 4.07. The molecule has 11 aromatic rings. The Balaban J connectivity index is 1.08. The van der Waals surface area contributed by atoms with Crippen LogP contribution in [0.5, 0.6) is 0 Å². The molecule has 0 bridgehead atoms. The van der Waals surface area contributed by atoms with Gasteiger partial charge in [-0.05, 0) is 48.5 Å². The van der Waals surface area contributed by atoms with Crippen molar-refractivity contribution in [1.29, 1.82) is 0 Å². The van der Waals surface area contributed by atoms with Crippen molar-refractivity contribution in [2.45, 2.75) is 0 Å². The van der Waals surface area contributed by atoms with Crippen LogP contribution in [0.3, 0.4) is 0 Å². The Kier molecular flexibility index (Phi) is 6.85. The summed E-state index contributed by atoms with van der Waals surface area (Å²) < 4.78 is 10.8. The number of para-hydroxylation sites is 2. The molecule has 0 saturated heterocycles. The van der Waals surface area contributed by atoms with Gasteiger partial charge in [0, 0.05) is 92.4 Å². The zero-order valence-electron chi connectivity index (χ0n) is 30.2. The minimum atomic E-state index is 0.825. The molecule has 6 aromatic carbocycles. The first-order valence-corrected chi connectivity index (χ1v) is 18.4. The predicted molar refractivity (Wildman–Crippen MR) is 224 cm³/mol. The number of furan rings is 1. The summed E-state index contributed by atoms with van der Waals surface area (Å²) in [7, 11) is 4.16. The molecule has 0 spiro atoms. The van der Waals surface area contributed by atoms with Gasteiger partial charge in [-0.15, -0.1) is 0 Å². The largest absolute Gasteiger partial charge is 0.456 e. The van der Waals surface area contributed by atoms with Crippen LogP contribution in [-0.4, -0.2) is 29.1 Å². The van der Waals surface area contributed by atoms with E-state index in [1.165, 1.54) is 0 Å². The second kappa shape index (κ2) is 12.1. The molecule has 0 atom stereocenters. The van der Waals surface area contributed by atoms with Crippen LogP contribution in [-0.2, 0) is 14.1 Å². The Morgan fingerprint density at radius 3 is 1.47 bits per heavy atom. The Morgan fingerprint density at radius 1 is 0.436 bits per heavy atom. The van der Waals surface area contributed by atoms with E-state index in [2.05, 4.69) is 179 Å². The van der Waals surface area contributed by atoms with Gasteiger partial charge < -0.3 is 23.5 Å². The van der Waals surface area contributed by atoms with E-state index in [1.54, 1.807) is 0 Å². The van der Waals surface area contributed by atoms with Crippen LogP contribution in [0.1, 0.15) is 0 Å². The maximum atomic E-state index is 6.46. The van der Waals surface area contributed by atoms with Crippen molar-refractivity contribution in [3.63, 3.8) is 0 Å². The van der Waals surface area contributed by atoms with Crippen molar-refractivity contribution in [3.8, 4) is 67.8 Å². The molecule has 0 radical (unpaired) electrons. The topological polar surface area (TPSA) is 80.4 Å². The number of nitrogens with zero attached hydrogens (tertiary/aromatic N) is 4. The maximum absolute atomic E-state index is 6.46. The van der Waals surface area contributed by atoms with Gasteiger partial charge in [0.1, 0.15) is 22.8 Å². The molecule has 0 saturated carbocycles. The number of rotatable bonds is 6. The summed E-state index contributed by atoms with van der Waals surface area (Å²) in [5, 5.41) is 4.37. The first-order valence-electron chi connectivity index (χ1n) is 18.4. The number of H-pyrrole nitrogens is 2. The lowest BCUT2D eigenvalue weighted by Crippen LogP contribution is -1.85. The zero-order chi connectivity index (χ0) is 36.6. The second-order valence-electron chi connectivity index (χ2n) is 14.2. The van der Waals surface area contributed by atoms with Crippen LogP contribution in [0.2, 0.25) is 0 Å². The van der Waals surface area contributed by atoms with Gasteiger partial charge in [-0.25, -0.2) is 9.97 Å². The average molecular weight is 711 g/mol. The van der Waals surface area contributed by atoms with Crippen LogP contribution in [0, 0.1) is 0 Å². The van der Waals surface area contributed by atoms with Crippen LogP contribution in [0.15, 0.2) is 162 Å². The van der Waals surface area contributed by atoms with Crippen molar-refractivity contribution in [3.05, 3.63) is 158 Å². The highest BCUT2D eigenvalue weighted by molar-refractivity contribution is 6.08. The third kappa shape index (κ3) is 4.97. The minimum Gasteiger partial charge on any atom is -0.456 e. The molecule has 55 heavy (non-hydrogen) atoms. The lowest BCUT2D eigenvalue weighted by atomic mass is 10.0. The third-order valence-corrected chi connectivity index (χ3v) is 10.9. The van der Waals surface area contributed by atoms with Crippen LogP contribution >= 0.6 is 0 Å². The number of benzene rings is 6. The maximum Gasteiger partial charge on any atom is 0.140 e. The highest BCUT2D eigenvalue weighted by Gasteiger charge is 2.22. The Labute approximate surface area is 316 Å². The molecule has 11 rings (SSSR count). The quantitative estimate of drug-likeness (QED) is 0.180. The molecule has 0 aliphatic rings. The number of hydrogen-bond acceptors (Lipinski definition) is 3. The van der Waals surface area contributed by atoms with Gasteiger partial charge in [0.2, 0.25) is 0 Å². The summed E-state index contributed by atoms with van der Waals surface area (Å²) in [4.78, 5) is 18.0. The molecule has 0 amide bonds. The SMILES string of the molecule is Cn1cc(-c2nc(-c3ccc4oc5ccc(-c6[nH]c(-c7cn(C)c8ccccc78)nc6-c6ccccc6)cc5c4c3)c(-c3ccccc3)[nH]2)c2ccccc21. The van der Waals surface area contributed by atoms with E-state index in [1.807, 2.05) is 12.1 Å². The molecule has 5 aromatic heterocycles. The van der Waals surface area contributed by atoms with Gasteiger partial charge in [-0.2, -0.15) is 0 Å². The van der Waals surface area contributed by atoms with Crippen LogP contribution < -0.4 is 0 Å². The minimum absolute atomic E-state index is 0.825. The molecule has 0 fully saturated rings. The number of fused-ring (bicyclic) bond motifs is 5. The van der Waals surface area contributed by atoms with Gasteiger partial charge in [-0.3, -0.25) is 0 Å². The summed E-state index contributed by atoms with van der Waals surface area (Å²) in [6.45, 7) is 0. The molecule has 7 heteroatoms. The lowest BCUT2D eigenvalue weighted by Gasteiger charge is -2.05. The van der Waals surface area contributed by atoms with E-state index in [0.717, 1.165) is 112 Å². The number of nitrogens with one attached hydrogen (secondary N) is 2. The summed E-state index contributed by atoms with van der Waals surface area (Å²) in [5.41, 5.74) is 14.0. The van der Waals surface area contributed by atoms with Crippen LogP contribution in [0.25, 0.3) is 112 Å². The normalized spacial score (nSPS) is 11.8. The highest BCUT2D eigenvalue weighted by atomic mass is 16.3. The molecular weight excluding hydrogens is 677 g/mol. The van der Waals surface area contributed by atoms with E-state index >= 15 is 0 Å². The van der Waals surface area contributed by atoms with E-state index in [-0.39, 0.29) is 0 Å². The van der Waals surface area contributed by atoms with Crippen molar-refractivity contribution >= 4 is 43.7 Å². The predicted octanol–water partition coefficient (Wildman–Crippen LogP) is 12.0. The van der Waals surface area contributed by atoms with E-state index in [0.29, 0.717) is 0 Å². The fourth-order valence-corrected chi connectivity index (χ4v) is 8.18. The fourth-order valence-electron chi connectivity index (χ4n) is 8.18. The molecule has 262 valence electrons. The lowest BCUT2D eigenvalue weighted by molar-refractivity contribution is 0.669. The van der Waals surface area contributed by atoms with Gasteiger partial charge in [0.05, 0.1) is 22.8 Å². The molecule has 7 nitrogen and oxygen atoms in total. The molecule has 0 aliphatic heterocycles. The zero-order valence-corrected chi connectivity index (χ0v) is 30.2. The molecule has 5 heterocycles. The van der Waals surface area contributed by atoms with Crippen molar-refractivity contribution in [1.82, 2.24) is 29.1 Å². The first-order chi connectivity index (χ1) is 27.1. The second-order valence-corrected chi connectivity index (χ2v) is 14.2. The Morgan fingerprint density at radius 2 is 0.891 bits per heavy atom. The monoisotopic (exact) mass is 710 g/mol. The number of aromatic nitrogens is 6. The van der Waals surface area contributed by atoms with E-state index in [4.69, 9.17) is 14.4 Å². The number of aryl methyl sites for hydroxylation is 2. The summed E-state index contributed by atoms with van der Waals surface area (Å²) in [6, 6.07) is 50.5. The van der Waals surface area contributed by atoms with Gasteiger partial charge >= 0.3 is 0 Å². The molecular formula is C48H34N6O. The van der Waals surface area contributed by atoms with E-state index < -0.39 is 0 Å². The summed E-state index contributed by atoms with van der Waals surface area (Å²) in [6.07, 6.45) is 4.31. The molecule has 0 unspecified atom stereocenters. The van der Waals surface area contributed by atoms with Crippen molar-refractivity contribution in [2.24, 2.45) is 14.1 Å². The summed E-state index contributed by atoms with van der Waals surface area (Å²) in [5.74, 6) is 1.67. The number of aromatic amines is 2. The third-order valence-electron chi connectivity index (χ3n) is 10.9. The van der Waals surface area contributed by atoms with E-state index in [9.17, 15) is 0 Å². The van der Waals surface area contributed by atoms with Gasteiger partial charge in [0.15, 0.2) is 0 Å². The number of hydrogen-bond donors (Lipinski definition) is 2. The fraction of sp³-hybridized carbons (Fsp3) is 0.0417. The Bertz CT molecular complexity index is 3010. The van der Waals surface area contributed by atoms with Crippen LogP contribution in [0.4, 0.5) is 0 Å². The van der Waals surface area contributed by atoms with Crippen molar-refractivity contribution < 1.29 is 4.42 Å². The van der Waals surface area contributed by atoms with Crippen molar-refractivity contribution in [2.75, 3.05) is 0 Å². The standard InChI is InChI=1S/C48H34N6O/c1-53-27-37(33-17-9-11-19-39(33)53)47-49-43(29-13-5-3-6-14-29)45(51-47)31-21-23-41-35(25-31)36-26-32(22-24-42(36)55-41)46-44(30-15-7-4-8-16-30)50-48(52-46)38-28-54(2)40-20-12-10-18-34(38)40/h3-28H,1-2H3,(H,49,51)(H,50,52). The van der Waals surface area contributed by atoms with Gasteiger partial charge in [-0.1, -0.05) is 97.1 Å². The number of imidazole rings is 2. The van der Waals surface area contributed by atoms with Gasteiger partial charge in [0.25, 0.3) is 0 Å². The summed E-state index contributed by atoms with van der Waals surface area (Å²) >= 11 is 0. The smallest absolute Gasteiger partial charge is 0.140 e. The first kappa shape index (κ1) is 31.2. The molecule has 2 N–H and O–H groups in total. The highest BCUT2D eigenvalue weighted by Crippen LogP contribution is 2.41. The molecule has 0 aliphatic carbocycles.